The highest BCUT2D eigenvalue weighted by molar-refractivity contribution is 6.32. The molecule has 2 aromatic carbocycles. The molecule has 27 heavy (non-hydrogen) atoms. The number of fused-ring (bicyclic) bond motifs is 2. The number of hydrogen-bond donors (Lipinski definition) is 2. The van der Waals surface area contributed by atoms with Crippen LogP contribution in [0.4, 0.5) is 11.4 Å². The van der Waals surface area contributed by atoms with Crippen LogP contribution in [0.3, 0.4) is 0 Å². The Morgan fingerprint density at radius 3 is 2.19 bits per heavy atom. The Morgan fingerprint density at radius 2 is 1.59 bits per heavy atom. The molecular formula is C21H20N2O4. The van der Waals surface area contributed by atoms with Gasteiger partial charge in [0.05, 0.1) is 22.5 Å². The van der Waals surface area contributed by atoms with Crippen LogP contribution in [-0.2, 0) is 4.79 Å². The van der Waals surface area contributed by atoms with Gasteiger partial charge in [-0.25, -0.2) is 0 Å². The van der Waals surface area contributed by atoms with E-state index in [2.05, 4.69) is 5.32 Å². The molecule has 6 nitrogen and oxygen atoms in total. The predicted molar refractivity (Wildman–Crippen MR) is 102 cm³/mol. The second-order valence-electron chi connectivity index (χ2n) is 6.97. The second-order valence-corrected chi connectivity index (χ2v) is 6.97. The fraction of sp³-hybridized carbons (Fsp3) is 0.286. The van der Waals surface area contributed by atoms with Crippen LogP contribution in [0.25, 0.3) is 0 Å². The van der Waals surface area contributed by atoms with E-state index in [0.717, 1.165) is 32.4 Å². The van der Waals surface area contributed by atoms with Crippen molar-refractivity contribution in [2.75, 3.05) is 23.3 Å². The van der Waals surface area contributed by atoms with Crippen molar-refractivity contribution in [3.8, 4) is 5.75 Å². The molecule has 2 aromatic rings. The SMILES string of the molecule is CC(=O)Nc1c(N2CCCCC2)cc(O)c2c1C(=O)c1ccccc1C2=O. The van der Waals surface area contributed by atoms with Crippen LogP contribution >= 0.6 is 0 Å². The molecule has 0 saturated carbocycles. The number of benzene rings is 2. The lowest BCUT2D eigenvalue weighted by molar-refractivity contribution is -0.114. The van der Waals surface area contributed by atoms with Crippen LogP contribution in [0.15, 0.2) is 30.3 Å². The lowest BCUT2D eigenvalue weighted by Crippen LogP contribution is -2.32. The van der Waals surface area contributed by atoms with Gasteiger partial charge in [-0.3, -0.25) is 14.4 Å². The fourth-order valence-electron chi connectivity index (χ4n) is 3.95. The van der Waals surface area contributed by atoms with Gasteiger partial charge in [0.15, 0.2) is 11.6 Å². The Bertz CT molecular complexity index is 974. The zero-order valence-electron chi connectivity index (χ0n) is 15.0. The Labute approximate surface area is 156 Å². The Morgan fingerprint density at radius 1 is 1.00 bits per heavy atom. The molecule has 0 spiro atoms. The van der Waals surface area contributed by atoms with E-state index in [-0.39, 0.29) is 39.7 Å². The number of phenolic OH excluding ortho intramolecular Hbond substituents is 1. The van der Waals surface area contributed by atoms with Crippen LogP contribution in [0.1, 0.15) is 58.0 Å². The van der Waals surface area contributed by atoms with Gasteiger partial charge in [-0.2, -0.15) is 0 Å². The lowest BCUT2D eigenvalue weighted by Gasteiger charge is -2.32. The standard InChI is InChI=1S/C21H20N2O4/c1-12(24)22-19-15(23-9-5-2-6-10-23)11-16(25)17-18(19)21(27)14-8-4-3-7-13(14)20(17)26/h3-4,7-8,11,25H,2,5-6,9-10H2,1H3,(H,22,24). The van der Waals surface area contributed by atoms with Gasteiger partial charge in [-0.05, 0) is 19.3 Å². The predicted octanol–water partition coefficient (Wildman–Crippen LogP) is 3.12. The van der Waals surface area contributed by atoms with E-state index in [0.29, 0.717) is 11.4 Å². The molecule has 4 rings (SSSR count). The number of hydrogen-bond acceptors (Lipinski definition) is 5. The molecule has 0 bridgehead atoms. The molecule has 1 saturated heterocycles. The zero-order chi connectivity index (χ0) is 19.1. The number of carbonyl (C=O) groups is 3. The summed E-state index contributed by atoms with van der Waals surface area (Å²) >= 11 is 0. The average Bonchev–Trinajstić information content (AvgIpc) is 2.67. The Hall–Kier alpha value is -3.15. The number of nitrogens with zero attached hydrogens (tertiary/aromatic N) is 1. The van der Waals surface area contributed by atoms with Gasteiger partial charge in [-0.15, -0.1) is 0 Å². The van der Waals surface area contributed by atoms with Gasteiger partial charge in [0, 0.05) is 37.2 Å². The number of aromatic hydroxyl groups is 1. The molecular weight excluding hydrogens is 344 g/mol. The van der Waals surface area contributed by atoms with E-state index in [1.807, 2.05) is 4.90 Å². The van der Waals surface area contributed by atoms with Crippen molar-refractivity contribution in [2.24, 2.45) is 0 Å². The molecule has 1 heterocycles. The van der Waals surface area contributed by atoms with Crippen LogP contribution in [0.2, 0.25) is 0 Å². The monoisotopic (exact) mass is 364 g/mol. The molecule has 138 valence electrons. The summed E-state index contributed by atoms with van der Waals surface area (Å²) in [5.74, 6) is -1.33. The second kappa shape index (κ2) is 6.54. The van der Waals surface area contributed by atoms with Crippen molar-refractivity contribution in [3.63, 3.8) is 0 Å². The number of rotatable bonds is 2. The number of carbonyl (C=O) groups excluding carboxylic acids is 3. The van der Waals surface area contributed by atoms with E-state index in [1.54, 1.807) is 24.3 Å². The number of amides is 1. The molecule has 0 unspecified atom stereocenters. The van der Waals surface area contributed by atoms with Gasteiger partial charge >= 0.3 is 0 Å². The third kappa shape index (κ3) is 2.77. The van der Waals surface area contributed by atoms with Gasteiger partial charge < -0.3 is 15.3 Å². The maximum atomic E-state index is 13.2. The normalized spacial score (nSPS) is 16.0. The van der Waals surface area contributed by atoms with Crippen molar-refractivity contribution < 1.29 is 19.5 Å². The molecule has 6 heteroatoms. The molecule has 2 N–H and O–H groups in total. The van der Waals surface area contributed by atoms with Crippen LogP contribution < -0.4 is 10.2 Å². The third-order valence-corrected chi connectivity index (χ3v) is 5.15. The molecule has 1 aliphatic carbocycles. The highest BCUT2D eigenvalue weighted by Gasteiger charge is 2.36. The summed E-state index contributed by atoms with van der Waals surface area (Å²) in [5.41, 5.74) is 1.49. The molecule has 1 amide bonds. The first-order valence-electron chi connectivity index (χ1n) is 9.10. The number of ketones is 2. The van der Waals surface area contributed by atoms with Crippen molar-refractivity contribution >= 4 is 28.8 Å². The van der Waals surface area contributed by atoms with Gasteiger partial charge in [-0.1, -0.05) is 24.3 Å². The minimum absolute atomic E-state index is 0.0387. The Balaban J connectivity index is 1.98. The summed E-state index contributed by atoms with van der Waals surface area (Å²) in [4.78, 5) is 40.1. The van der Waals surface area contributed by atoms with E-state index in [1.165, 1.54) is 13.0 Å². The molecule has 0 radical (unpaired) electrons. The molecule has 1 fully saturated rings. The minimum Gasteiger partial charge on any atom is -0.507 e. The van der Waals surface area contributed by atoms with Gasteiger partial charge in [0.1, 0.15) is 5.75 Å². The minimum atomic E-state index is -0.408. The summed E-state index contributed by atoms with van der Waals surface area (Å²) in [6, 6.07) is 8.05. The van der Waals surface area contributed by atoms with Crippen molar-refractivity contribution in [1.29, 1.82) is 0 Å². The zero-order valence-corrected chi connectivity index (χ0v) is 15.0. The summed E-state index contributed by atoms with van der Waals surface area (Å²) in [7, 11) is 0. The van der Waals surface area contributed by atoms with E-state index >= 15 is 0 Å². The van der Waals surface area contributed by atoms with E-state index in [4.69, 9.17) is 0 Å². The summed E-state index contributed by atoms with van der Waals surface area (Å²) < 4.78 is 0. The van der Waals surface area contributed by atoms with Crippen molar-refractivity contribution in [3.05, 3.63) is 52.6 Å². The van der Waals surface area contributed by atoms with E-state index < -0.39 is 5.78 Å². The number of nitrogens with one attached hydrogen (secondary N) is 1. The molecule has 0 atom stereocenters. The maximum absolute atomic E-state index is 13.2. The van der Waals surface area contributed by atoms with Gasteiger partial charge in [0.25, 0.3) is 0 Å². The van der Waals surface area contributed by atoms with Crippen LogP contribution in [0, 0.1) is 0 Å². The molecule has 1 aliphatic heterocycles. The van der Waals surface area contributed by atoms with E-state index in [9.17, 15) is 19.5 Å². The van der Waals surface area contributed by atoms with Gasteiger partial charge in [0.2, 0.25) is 5.91 Å². The quantitative estimate of drug-likeness (QED) is 0.682. The first-order valence-corrected chi connectivity index (χ1v) is 9.10. The topological polar surface area (TPSA) is 86.7 Å². The van der Waals surface area contributed by atoms with Crippen molar-refractivity contribution in [2.45, 2.75) is 26.2 Å². The Kier molecular flexibility index (Phi) is 4.18. The maximum Gasteiger partial charge on any atom is 0.221 e. The third-order valence-electron chi connectivity index (χ3n) is 5.15. The molecule has 0 aromatic heterocycles. The highest BCUT2D eigenvalue weighted by atomic mass is 16.3. The molecule has 2 aliphatic rings. The van der Waals surface area contributed by atoms with Crippen LogP contribution in [0.5, 0.6) is 5.75 Å². The number of phenols is 1. The summed E-state index contributed by atoms with van der Waals surface area (Å²) in [6.45, 7) is 2.90. The number of piperidine rings is 1. The van der Waals surface area contributed by atoms with Crippen LogP contribution in [-0.4, -0.2) is 35.7 Å². The first-order chi connectivity index (χ1) is 13.0. The van der Waals surface area contributed by atoms with Crippen molar-refractivity contribution in [1.82, 2.24) is 0 Å². The average molecular weight is 364 g/mol. The smallest absolute Gasteiger partial charge is 0.221 e. The highest BCUT2D eigenvalue weighted by Crippen LogP contribution is 2.43. The first kappa shape index (κ1) is 17.3. The summed E-state index contributed by atoms with van der Waals surface area (Å²) in [6.07, 6.45) is 3.10. The summed E-state index contributed by atoms with van der Waals surface area (Å²) in [5, 5.41) is 13.4. The lowest BCUT2D eigenvalue weighted by atomic mass is 9.82. The fourth-order valence-corrected chi connectivity index (χ4v) is 3.95. The number of anilines is 2. The largest absolute Gasteiger partial charge is 0.507 e.